The smallest absolute Gasteiger partial charge is 0.434 e. The van der Waals surface area contributed by atoms with E-state index in [1.807, 2.05) is 4.90 Å². The first-order valence-corrected chi connectivity index (χ1v) is 13.0. The van der Waals surface area contributed by atoms with Crippen LogP contribution in [0, 0.1) is 0 Å². The number of rotatable bonds is 7. The number of aromatic nitrogens is 6. The highest BCUT2D eigenvalue weighted by molar-refractivity contribution is 5.69. The maximum absolute atomic E-state index is 13.1. The van der Waals surface area contributed by atoms with Crippen molar-refractivity contribution in [2.75, 3.05) is 24.7 Å². The van der Waals surface area contributed by atoms with Gasteiger partial charge in [-0.05, 0) is 18.4 Å². The van der Waals surface area contributed by atoms with Gasteiger partial charge in [0.1, 0.15) is 24.3 Å². The van der Waals surface area contributed by atoms with Crippen LogP contribution in [0.4, 0.5) is 32.2 Å². The van der Waals surface area contributed by atoms with Crippen molar-refractivity contribution in [1.29, 1.82) is 0 Å². The van der Waals surface area contributed by atoms with Crippen molar-refractivity contribution < 1.29 is 35.8 Å². The molecular formula is C27H23F6N7O2. The number of alkyl halides is 6. The summed E-state index contributed by atoms with van der Waals surface area (Å²) in [7, 11) is 1.50. The maximum atomic E-state index is 13.1. The lowest BCUT2D eigenvalue weighted by molar-refractivity contribution is -0.154. The van der Waals surface area contributed by atoms with Crippen molar-refractivity contribution >= 4 is 5.82 Å². The molecule has 2 aliphatic rings. The Balaban J connectivity index is 1.28. The number of nitrogens with zero attached hydrogens (tertiary/aromatic N) is 7. The van der Waals surface area contributed by atoms with Gasteiger partial charge >= 0.3 is 12.4 Å². The van der Waals surface area contributed by atoms with Crippen molar-refractivity contribution in [2.24, 2.45) is 7.05 Å². The molecule has 0 saturated heterocycles. The Morgan fingerprint density at radius 1 is 1.00 bits per heavy atom. The molecule has 1 aliphatic carbocycles. The van der Waals surface area contributed by atoms with Crippen LogP contribution in [0.25, 0.3) is 22.8 Å². The van der Waals surface area contributed by atoms with E-state index in [-0.39, 0.29) is 29.0 Å². The van der Waals surface area contributed by atoms with E-state index in [1.54, 1.807) is 24.3 Å². The number of hydrogen-bond acceptors (Lipinski definition) is 8. The quantitative estimate of drug-likeness (QED) is 0.258. The normalized spacial score (nSPS) is 15.4. The molecule has 1 aliphatic heterocycles. The average molecular weight is 592 g/mol. The Labute approximate surface area is 235 Å². The van der Waals surface area contributed by atoms with Gasteiger partial charge in [0.15, 0.2) is 29.7 Å². The molecule has 0 unspecified atom stereocenters. The van der Waals surface area contributed by atoms with Crippen LogP contribution in [-0.4, -0.2) is 55.4 Å². The number of hydrogen-bond donors (Lipinski definition) is 0. The van der Waals surface area contributed by atoms with E-state index < -0.39 is 24.7 Å². The number of anilines is 1. The molecule has 0 N–H and O–H groups in total. The molecule has 0 radical (unpaired) electrons. The van der Waals surface area contributed by atoms with Crippen molar-refractivity contribution in [3.05, 3.63) is 59.9 Å². The zero-order valence-corrected chi connectivity index (χ0v) is 22.1. The van der Waals surface area contributed by atoms with Crippen LogP contribution >= 0.6 is 0 Å². The predicted molar refractivity (Wildman–Crippen MR) is 137 cm³/mol. The number of ether oxygens (including phenoxy) is 2. The average Bonchev–Trinajstić information content (AvgIpc) is 3.72. The highest BCUT2D eigenvalue weighted by Crippen LogP contribution is 2.46. The summed E-state index contributed by atoms with van der Waals surface area (Å²) < 4.78 is 90.2. The molecule has 15 heteroatoms. The molecule has 42 heavy (non-hydrogen) atoms. The molecule has 1 aromatic carbocycles. The minimum atomic E-state index is -4.56. The molecule has 4 aromatic rings. The van der Waals surface area contributed by atoms with Gasteiger partial charge in [-0.3, -0.25) is 0 Å². The van der Waals surface area contributed by atoms with Gasteiger partial charge in [-0.2, -0.15) is 26.3 Å². The van der Waals surface area contributed by atoms with Crippen LogP contribution in [0.3, 0.4) is 0 Å². The fourth-order valence-electron chi connectivity index (χ4n) is 4.71. The van der Waals surface area contributed by atoms with E-state index in [0.29, 0.717) is 42.5 Å². The zero-order chi connectivity index (χ0) is 29.6. The standard InChI is InChI=1S/C27H23F6N7O2/c1-39-12-19(27(31,32)33)37-23(39)17-4-2-15(3-5-17)11-40-8-9-41-18-10-34-22(38-24(18)40)20-21(16-6-7-16)35-14-36-25(20)42-13-26(28,29)30/h2-5,10,12,14,16H,6-9,11,13H2,1H3. The number of benzene rings is 1. The fraction of sp³-hybridized carbons (Fsp3) is 0.370. The highest BCUT2D eigenvalue weighted by Gasteiger charge is 2.36. The highest BCUT2D eigenvalue weighted by atomic mass is 19.4. The van der Waals surface area contributed by atoms with E-state index in [0.717, 1.165) is 24.6 Å². The Kier molecular flexibility index (Phi) is 6.89. The van der Waals surface area contributed by atoms with Gasteiger partial charge in [-0.1, -0.05) is 24.3 Å². The molecule has 220 valence electrons. The molecule has 1 saturated carbocycles. The van der Waals surface area contributed by atoms with Crippen molar-refractivity contribution in [3.63, 3.8) is 0 Å². The van der Waals surface area contributed by atoms with Crippen LogP contribution in [0.1, 0.15) is 35.7 Å². The first kappa shape index (κ1) is 27.7. The Bertz CT molecular complexity index is 1600. The summed E-state index contributed by atoms with van der Waals surface area (Å²) in [6.07, 6.45) is -3.87. The van der Waals surface area contributed by atoms with Gasteiger partial charge in [-0.15, -0.1) is 0 Å². The lowest BCUT2D eigenvalue weighted by Crippen LogP contribution is -2.33. The number of aryl methyl sites for hydroxylation is 1. The topological polar surface area (TPSA) is 91.1 Å². The summed E-state index contributed by atoms with van der Waals surface area (Å²) >= 11 is 0. The Hall–Kier alpha value is -4.43. The van der Waals surface area contributed by atoms with Gasteiger partial charge in [0.2, 0.25) is 5.88 Å². The van der Waals surface area contributed by atoms with Crippen LogP contribution in [0.5, 0.6) is 11.6 Å². The summed E-state index contributed by atoms with van der Waals surface area (Å²) in [6, 6.07) is 6.96. The van der Waals surface area contributed by atoms with Gasteiger partial charge in [0, 0.05) is 31.3 Å². The Morgan fingerprint density at radius 2 is 1.76 bits per heavy atom. The SMILES string of the molecule is Cn1cc(C(F)(F)F)nc1-c1ccc(CN2CCOc3cnc(-c4c(OCC(F)(F)F)ncnc4C4CC4)nc32)cc1. The molecule has 0 bridgehead atoms. The zero-order valence-electron chi connectivity index (χ0n) is 22.1. The van der Waals surface area contributed by atoms with E-state index >= 15 is 0 Å². The largest absolute Gasteiger partial charge is 0.486 e. The fourth-order valence-corrected chi connectivity index (χ4v) is 4.71. The van der Waals surface area contributed by atoms with Crippen LogP contribution < -0.4 is 14.4 Å². The number of halogens is 6. The third kappa shape index (κ3) is 5.81. The van der Waals surface area contributed by atoms with Crippen LogP contribution in [0.15, 0.2) is 43.0 Å². The number of fused-ring (bicyclic) bond motifs is 1. The maximum Gasteiger partial charge on any atom is 0.434 e. The van der Waals surface area contributed by atoms with E-state index in [9.17, 15) is 26.3 Å². The lowest BCUT2D eigenvalue weighted by Gasteiger charge is -2.30. The second-order valence-corrected chi connectivity index (χ2v) is 10.0. The minimum absolute atomic E-state index is 0.0488. The minimum Gasteiger partial charge on any atom is -0.486 e. The molecule has 0 atom stereocenters. The van der Waals surface area contributed by atoms with Gasteiger partial charge in [0.25, 0.3) is 0 Å². The Morgan fingerprint density at radius 3 is 2.43 bits per heavy atom. The molecule has 6 rings (SSSR count). The third-order valence-electron chi connectivity index (χ3n) is 6.81. The second-order valence-electron chi connectivity index (χ2n) is 10.0. The van der Waals surface area contributed by atoms with Crippen molar-refractivity contribution in [3.8, 4) is 34.4 Å². The van der Waals surface area contributed by atoms with E-state index in [2.05, 4.69) is 24.9 Å². The van der Waals surface area contributed by atoms with Crippen molar-refractivity contribution in [1.82, 2.24) is 29.5 Å². The first-order chi connectivity index (χ1) is 20.0. The first-order valence-electron chi connectivity index (χ1n) is 13.0. The summed E-state index contributed by atoms with van der Waals surface area (Å²) in [5.41, 5.74) is 1.14. The molecule has 3 aromatic heterocycles. The van der Waals surface area contributed by atoms with E-state index in [4.69, 9.17) is 9.47 Å². The summed E-state index contributed by atoms with van der Waals surface area (Å²) in [5, 5.41) is 0. The molecular weight excluding hydrogens is 568 g/mol. The molecule has 0 amide bonds. The molecule has 4 heterocycles. The van der Waals surface area contributed by atoms with Crippen molar-refractivity contribution in [2.45, 2.75) is 37.7 Å². The summed E-state index contributed by atoms with van der Waals surface area (Å²) in [5.74, 6) is 0.940. The molecule has 0 spiro atoms. The summed E-state index contributed by atoms with van der Waals surface area (Å²) in [6.45, 7) is -0.340. The van der Waals surface area contributed by atoms with E-state index in [1.165, 1.54) is 24.1 Å². The van der Waals surface area contributed by atoms with Crippen LogP contribution in [0.2, 0.25) is 0 Å². The lowest BCUT2D eigenvalue weighted by atomic mass is 10.1. The van der Waals surface area contributed by atoms with Crippen LogP contribution in [-0.2, 0) is 19.8 Å². The van der Waals surface area contributed by atoms with Gasteiger partial charge in [0.05, 0.1) is 18.4 Å². The van der Waals surface area contributed by atoms with Gasteiger partial charge in [-0.25, -0.2) is 24.9 Å². The third-order valence-corrected chi connectivity index (χ3v) is 6.81. The molecule has 1 fully saturated rings. The number of imidazole rings is 1. The summed E-state index contributed by atoms with van der Waals surface area (Å²) in [4.78, 5) is 23.0. The predicted octanol–water partition coefficient (Wildman–Crippen LogP) is 5.57. The second kappa shape index (κ2) is 10.4. The van der Waals surface area contributed by atoms with Gasteiger partial charge < -0.3 is 18.9 Å². The monoisotopic (exact) mass is 591 g/mol. The molecule has 9 nitrogen and oxygen atoms in total.